The molecule has 5 heterocycles. The molecule has 2 N–H and O–H groups in total. The van der Waals surface area contributed by atoms with Crippen molar-refractivity contribution in [2.45, 2.75) is 31.7 Å². The summed E-state index contributed by atoms with van der Waals surface area (Å²) < 4.78 is 2.08. The standard InChI is InChI=1S/C27H27N7O2/c1-2-29-26(36)33-11-8-27(17-33)9-12-34-24(27)14-23(32-34)19-13-20-21(30-16-19)6-3-7-22(20)31-25(35)18-5-4-10-28-15-18/h3-7,10,13-16H,2,8-9,11-12,17H2,1H3,(H,29,36)(H,31,35). The molecule has 9 heteroatoms. The van der Waals surface area contributed by atoms with Crippen molar-refractivity contribution in [3.63, 3.8) is 0 Å². The number of anilines is 1. The summed E-state index contributed by atoms with van der Waals surface area (Å²) in [7, 11) is 0. The van der Waals surface area contributed by atoms with Crippen molar-refractivity contribution in [1.29, 1.82) is 0 Å². The molecule has 1 atom stereocenters. The highest BCUT2D eigenvalue weighted by Gasteiger charge is 2.46. The van der Waals surface area contributed by atoms with Crippen LogP contribution in [0.1, 0.15) is 35.8 Å². The molecule has 2 aliphatic rings. The van der Waals surface area contributed by atoms with Crippen molar-refractivity contribution >= 4 is 28.5 Å². The summed E-state index contributed by atoms with van der Waals surface area (Å²) in [5, 5.41) is 11.7. The van der Waals surface area contributed by atoms with Gasteiger partial charge in [0.1, 0.15) is 0 Å². The Kier molecular flexibility index (Phi) is 5.40. The summed E-state index contributed by atoms with van der Waals surface area (Å²) in [4.78, 5) is 35.7. The Labute approximate surface area is 208 Å². The lowest BCUT2D eigenvalue weighted by atomic mass is 9.82. The van der Waals surface area contributed by atoms with Crippen LogP contribution in [0, 0.1) is 0 Å². The SMILES string of the molecule is CCNC(=O)N1CCC2(CCn3nc(-c4cnc5cccc(NC(=O)c6cccnc6)c5c4)cc32)C1. The average molecular weight is 482 g/mol. The number of pyridine rings is 2. The average Bonchev–Trinajstić information content (AvgIpc) is 3.61. The second-order valence-corrected chi connectivity index (χ2v) is 9.47. The largest absolute Gasteiger partial charge is 0.338 e. The highest BCUT2D eigenvalue weighted by Crippen LogP contribution is 2.44. The molecule has 1 spiro atoms. The fourth-order valence-electron chi connectivity index (χ4n) is 5.41. The van der Waals surface area contributed by atoms with E-state index in [0.29, 0.717) is 24.3 Å². The van der Waals surface area contributed by atoms with Crippen molar-refractivity contribution in [2.75, 3.05) is 25.0 Å². The molecule has 3 amide bonds. The smallest absolute Gasteiger partial charge is 0.317 e. The third-order valence-corrected chi connectivity index (χ3v) is 7.29. The van der Waals surface area contributed by atoms with Crippen molar-refractivity contribution in [3.05, 3.63) is 72.3 Å². The van der Waals surface area contributed by atoms with Gasteiger partial charge in [0.2, 0.25) is 0 Å². The molecule has 4 aromatic rings. The molecule has 0 saturated carbocycles. The molecule has 36 heavy (non-hydrogen) atoms. The van der Waals surface area contributed by atoms with Gasteiger partial charge in [0.05, 0.1) is 22.5 Å². The molecule has 0 aliphatic carbocycles. The maximum Gasteiger partial charge on any atom is 0.317 e. The van der Waals surface area contributed by atoms with Gasteiger partial charge in [-0.25, -0.2) is 4.79 Å². The van der Waals surface area contributed by atoms with Crippen LogP contribution in [-0.4, -0.2) is 56.2 Å². The highest BCUT2D eigenvalue weighted by molar-refractivity contribution is 6.08. The summed E-state index contributed by atoms with van der Waals surface area (Å²) in [5.41, 5.74) is 4.84. The van der Waals surface area contributed by atoms with E-state index >= 15 is 0 Å². The van der Waals surface area contributed by atoms with E-state index < -0.39 is 0 Å². The first-order valence-corrected chi connectivity index (χ1v) is 12.3. The number of likely N-dealkylation sites (tertiary alicyclic amines) is 1. The van der Waals surface area contributed by atoms with Gasteiger partial charge < -0.3 is 15.5 Å². The fourth-order valence-corrected chi connectivity index (χ4v) is 5.41. The Bertz CT molecular complexity index is 1470. The molecular weight excluding hydrogens is 454 g/mol. The fraction of sp³-hybridized carbons (Fsp3) is 0.296. The van der Waals surface area contributed by atoms with Crippen molar-refractivity contribution in [2.24, 2.45) is 0 Å². The third kappa shape index (κ3) is 3.77. The van der Waals surface area contributed by atoms with Crippen LogP contribution in [0.5, 0.6) is 0 Å². The maximum absolute atomic E-state index is 12.7. The first kappa shape index (κ1) is 22.2. The maximum atomic E-state index is 12.7. The molecule has 6 rings (SSSR count). The van der Waals surface area contributed by atoms with E-state index in [1.54, 1.807) is 24.5 Å². The zero-order valence-electron chi connectivity index (χ0n) is 20.1. The lowest BCUT2D eigenvalue weighted by molar-refractivity contribution is 0.102. The van der Waals surface area contributed by atoms with Crippen LogP contribution in [0.25, 0.3) is 22.2 Å². The Morgan fingerprint density at radius 2 is 1.97 bits per heavy atom. The van der Waals surface area contributed by atoms with Gasteiger partial charge in [0, 0.05) is 66.8 Å². The highest BCUT2D eigenvalue weighted by atomic mass is 16.2. The summed E-state index contributed by atoms with van der Waals surface area (Å²) in [6.45, 7) is 4.87. The van der Waals surface area contributed by atoms with E-state index in [-0.39, 0.29) is 17.4 Å². The monoisotopic (exact) mass is 481 g/mol. The second kappa shape index (κ2) is 8.75. The van der Waals surface area contributed by atoms with Gasteiger partial charge in [-0.2, -0.15) is 5.10 Å². The minimum absolute atomic E-state index is 0.00662. The Hall–Kier alpha value is -4.27. The zero-order chi connectivity index (χ0) is 24.7. The zero-order valence-corrected chi connectivity index (χ0v) is 20.1. The molecule has 1 unspecified atom stereocenters. The molecule has 3 aromatic heterocycles. The van der Waals surface area contributed by atoms with E-state index in [1.165, 1.54) is 5.69 Å². The first-order chi connectivity index (χ1) is 17.6. The van der Waals surface area contributed by atoms with Gasteiger partial charge in [-0.3, -0.25) is 19.4 Å². The lowest BCUT2D eigenvalue weighted by Crippen LogP contribution is -2.40. The predicted octanol–water partition coefficient (Wildman–Crippen LogP) is 3.82. The first-order valence-electron chi connectivity index (χ1n) is 12.3. The predicted molar refractivity (Wildman–Crippen MR) is 137 cm³/mol. The van der Waals surface area contributed by atoms with Crippen molar-refractivity contribution in [1.82, 2.24) is 30.0 Å². The molecule has 0 bridgehead atoms. The van der Waals surface area contributed by atoms with Crippen LogP contribution in [-0.2, 0) is 12.0 Å². The molecule has 0 radical (unpaired) electrons. The van der Waals surface area contributed by atoms with E-state index in [9.17, 15) is 9.59 Å². The molecule has 2 aliphatic heterocycles. The number of fused-ring (bicyclic) bond motifs is 3. The van der Waals surface area contributed by atoms with Crippen LogP contribution in [0.4, 0.5) is 10.5 Å². The van der Waals surface area contributed by atoms with Crippen LogP contribution >= 0.6 is 0 Å². The number of carbonyl (C=O) groups is 2. The summed E-state index contributed by atoms with van der Waals surface area (Å²) in [5.74, 6) is -0.221. The number of nitrogens with one attached hydrogen (secondary N) is 2. The topological polar surface area (TPSA) is 105 Å². The van der Waals surface area contributed by atoms with Gasteiger partial charge >= 0.3 is 6.03 Å². The van der Waals surface area contributed by atoms with Crippen LogP contribution in [0.3, 0.4) is 0 Å². The number of rotatable bonds is 4. The van der Waals surface area contributed by atoms with Gasteiger partial charge in [-0.1, -0.05) is 6.07 Å². The van der Waals surface area contributed by atoms with Gasteiger partial charge in [-0.05, 0) is 56.2 Å². The normalized spacial score (nSPS) is 18.5. The lowest BCUT2D eigenvalue weighted by Gasteiger charge is -2.23. The van der Waals surface area contributed by atoms with Gasteiger partial charge in [-0.15, -0.1) is 0 Å². The Balaban J connectivity index is 1.30. The number of benzene rings is 1. The number of urea groups is 1. The second-order valence-electron chi connectivity index (χ2n) is 9.47. The molecule has 1 saturated heterocycles. The molecule has 1 aromatic carbocycles. The van der Waals surface area contributed by atoms with Crippen LogP contribution in [0.2, 0.25) is 0 Å². The molecule has 182 valence electrons. The summed E-state index contributed by atoms with van der Waals surface area (Å²) in [6.07, 6.45) is 6.94. The van der Waals surface area contributed by atoms with Crippen LogP contribution < -0.4 is 10.6 Å². The molecular formula is C27H27N7O2. The summed E-state index contributed by atoms with van der Waals surface area (Å²) in [6, 6.07) is 13.3. The Morgan fingerprint density at radius 1 is 1.08 bits per heavy atom. The minimum Gasteiger partial charge on any atom is -0.338 e. The number of amides is 3. The quantitative estimate of drug-likeness (QED) is 0.461. The number of hydrogen-bond donors (Lipinski definition) is 2. The molecule has 1 fully saturated rings. The number of aromatic nitrogens is 4. The third-order valence-electron chi connectivity index (χ3n) is 7.29. The van der Waals surface area contributed by atoms with E-state index in [4.69, 9.17) is 5.10 Å². The minimum atomic E-state index is -0.221. The number of nitrogens with zero attached hydrogens (tertiary/aromatic N) is 5. The van der Waals surface area contributed by atoms with Crippen molar-refractivity contribution in [3.8, 4) is 11.3 Å². The number of aryl methyl sites for hydroxylation is 1. The van der Waals surface area contributed by atoms with Crippen molar-refractivity contribution < 1.29 is 9.59 Å². The van der Waals surface area contributed by atoms with Gasteiger partial charge in [0.15, 0.2) is 0 Å². The van der Waals surface area contributed by atoms with Crippen LogP contribution in [0.15, 0.2) is 61.1 Å². The van der Waals surface area contributed by atoms with E-state index in [1.807, 2.05) is 42.3 Å². The summed E-state index contributed by atoms with van der Waals surface area (Å²) >= 11 is 0. The number of carbonyl (C=O) groups excluding carboxylic acids is 2. The van der Waals surface area contributed by atoms with E-state index in [2.05, 4.69) is 31.3 Å². The van der Waals surface area contributed by atoms with E-state index in [0.717, 1.165) is 48.1 Å². The Morgan fingerprint density at radius 3 is 2.81 bits per heavy atom. The molecule has 9 nitrogen and oxygen atoms in total. The van der Waals surface area contributed by atoms with Gasteiger partial charge in [0.25, 0.3) is 5.91 Å². The number of hydrogen-bond acceptors (Lipinski definition) is 5.